The summed E-state index contributed by atoms with van der Waals surface area (Å²) in [5.41, 5.74) is -1.18. The molecular weight excluding hydrogens is 464 g/mol. The number of nitrogens with one attached hydrogen (secondary N) is 1. The Morgan fingerprint density at radius 2 is 1.90 bits per heavy atom. The maximum atomic E-state index is 13.6. The van der Waals surface area contributed by atoms with Gasteiger partial charge in [-0.05, 0) is 60.5 Å². The largest absolute Gasteiger partial charge is 0.444 e. The Hall–Kier alpha value is -2.88. The second-order valence-corrected chi connectivity index (χ2v) is 8.46. The number of fused-ring (bicyclic) bond motifs is 1. The van der Waals surface area contributed by atoms with Gasteiger partial charge >= 0.3 is 11.7 Å². The lowest BCUT2D eigenvalue weighted by molar-refractivity contribution is 0.0494. The molecule has 0 aliphatic heterocycles. The van der Waals surface area contributed by atoms with Crippen LogP contribution < -0.4 is 10.9 Å². The van der Waals surface area contributed by atoms with E-state index in [0.29, 0.717) is 4.47 Å². The molecule has 0 unspecified atom stereocenters. The molecule has 0 aliphatic carbocycles. The molecule has 10 heteroatoms. The molecule has 2 heterocycles. The van der Waals surface area contributed by atoms with E-state index in [2.05, 4.69) is 31.2 Å². The predicted octanol–water partition coefficient (Wildman–Crippen LogP) is 4.43. The summed E-state index contributed by atoms with van der Waals surface area (Å²) in [5, 5.41) is 2.68. The number of nitrogens with zero attached hydrogens (tertiary/aromatic N) is 2. The molecule has 0 aliphatic rings. The fourth-order valence-corrected chi connectivity index (χ4v) is 3.04. The molecular formula is C20H18BrF2N3O4. The van der Waals surface area contributed by atoms with Crippen LogP contribution in [0.2, 0.25) is 0 Å². The average molecular weight is 482 g/mol. The van der Waals surface area contributed by atoms with Crippen LogP contribution in [0, 0.1) is 11.6 Å². The van der Waals surface area contributed by atoms with E-state index in [-0.39, 0.29) is 28.9 Å². The summed E-state index contributed by atoms with van der Waals surface area (Å²) >= 11 is 3.22. The minimum Gasteiger partial charge on any atom is -0.444 e. The first-order valence-electron chi connectivity index (χ1n) is 8.91. The zero-order valence-corrected chi connectivity index (χ0v) is 17.9. The van der Waals surface area contributed by atoms with Crippen LogP contribution in [-0.2, 0) is 11.2 Å². The molecule has 2 aromatic heterocycles. The third-order valence-corrected chi connectivity index (χ3v) is 4.25. The van der Waals surface area contributed by atoms with E-state index in [1.807, 2.05) is 0 Å². The van der Waals surface area contributed by atoms with Crippen molar-refractivity contribution in [2.75, 3.05) is 0 Å². The standard InChI is InChI=1S/C20H18BrF2N3O4/c1-20(2,3)30-19(28)25-15(6-10-4-12(22)8-13(23)5-10)17-26-16-14(18(27)29-17)7-11(21)9-24-16/h4-5,7-9,15H,6H2,1-3H3,(H,25,28)/t15-/m0/s1. The van der Waals surface area contributed by atoms with E-state index >= 15 is 0 Å². The Morgan fingerprint density at radius 3 is 2.53 bits per heavy atom. The van der Waals surface area contributed by atoms with Crippen molar-refractivity contribution < 1.29 is 22.7 Å². The lowest BCUT2D eigenvalue weighted by atomic mass is 10.1. The second kappa shape index (κ2) is 8.47. The Kier molecular flexibility index (Phi) is 6.16. The van der Waals surface area contributed by atoms with Gasteiger partial charge in [0.15, 0.2) is 5.65 Å². The van der Waals surface area contributed by atoms with Crippen LogP contribution in [0.5, 0.6) is 0 Å². The number of ether oxygens (including phenoxy) is 1. The number of carbonyl (C=O) groups is 1. The van der Waals surface area contributed by atoms with Gasteiger partial charge < -0.3 is 14.5 Å². The van der Waals surface area contributed by atoms with Crippen LogP contribution in [0.3, 0.4) is 0 Å². The van der Waals surface area contributed by atoms with E-state index in [1.165, 1.54) is 12.3 Å². The highest BCUT2D eigenvalue weighted by atomic mass is 79.9. The summed E-state index contributed by atoms with van der Waals surface area (Å²) in [6, 6.07) is 3.42. The van der Waals surface area contributed by atoms with Gasteiger partial charge in [-0.25, -0.2) is 23.4 Å². The van der Waals surface area contributed by atoms with E-state index in [0.717, 1.165) is 18.2 Å². The van der Waals surface area contributed by atoms with Crippen molar-refractivity contribution in [1.82, 2.24) is 15.3 Å². The summed E-state index contributed by atoms with van der Waals surface area (Å²) in [7, 11) is 0. The molecule has 3 aromatic rings. The Labute approximate surface area is 178 Å². The summed E-state index contributed by atoms with van der Waals surface area (Å²) in [5.74, 6) is -1.72. The number of amides is 1. The summed E-state index contributed by atoms with van der Waals surface area (Å²) in [4.78, 5) is 33.0. The molecule has 0 saturated carbocycles. The number of pyridine rings is 1. The molecule has 1 atom stereocenters. The second-order valence-electron chi connectivity index (χ2n) is 7.54. The molecule has 3 rings (SSSR count). The molecule has 7 nitrogen and oxygen atoms in total. The van der Waals surface area contributed by atoms with Gasteiger partial charge in [-0.1, -0.05) is 0 Å². The first kappa shape index (κ1) is 21.8. The monoisotopic (exact) mass is 481 g/mol. The molecule has 158 valence electrons. The summed E-state index contributed by atoms with van der Waals surface area (Å²) < 4.78 is 38.3. The number of aromatic nitrogens is 2. The summed E-state index contributed by atoms with van der Waals surface area (Å²) in [6.07, 6.45) is 0.542. The van der Waals surface area contributed by atoms with Gasteiger partial charge in [0.1, 0.15) is 28.7 Å². The van der Waals surface area contributed by atoms with Crippen LogP contribution in [-0.4, -0.2) is 21.7 Å². The molecule has 0 spiro atoms. The van der Waals surface area contributed by atoms with Crippen LogP contribution >= 0.6 is 15.9 Å². The van der Waals surface area contributed by atoms with Crippen molar-refractivity contribution in [3.05, 3.63) is 68.4 Å². The van der Waals surface area contributed by atoms with Gasteiger partial charge in [-0.15, -0.1) is 0 Å². The number of benzene rings is 1. The number of halogens is 3. The minimum absolute atomic E-state index is 0.103. The zero-order valence-electron chi connectivity index (χ0n) is 16.3. The molecule has 0 bridgehead atoms. The van der Waals surface area contributed by atoms with Crippen LogP contribution in [0.15, 0.2) is 44.1 Å². The first-order chi connectivity index (χ1) is 14.0. The molecule has 0 radical (unpaired) electrons. The number of carbonyl (C=O) groups excluding carboxylic acids is 1. The normalized spacial score (nSPS) is 12.6. The van der Waals surface area contributed by atoms with E-state index in [4.69, 9.17) is 9.15 Å². The minimum atomic E-state index is -1.04. The molecule has 30 heavy (non-hydrogen) atoms. The third kappa shape index (κ3) is 5.59. The number of hydrogen-bond acceptors (Lipinski definition) is 6. The van der Waals surface area contributed by atoms with E-state index in [9.17, 15) is 18.4 Å². The van der Waals surface area contributed by atoms with Gasteiger partial charge in [0.2, 0.25) is 5.89 Å². The number of rotatable bonds is 4. The molecule has 1 N–H and O–H groups in total. The average Bonchev–Trinajstić information content (AvgIpc) is 2.59. The maximum absolute atomic E-state index is 13.6. The Bertz CT molecular complexity index is 1140. The summed E-state index contributed by atoms with van der Waals surface area (Å²) in [6.45, 7) is 5.04. The van der Waals surface area contributed by atoms with Crippen LogP contribution in [0.25, 0.3) is 11.0 Å². The van der Waals surface area contributed by atoms with Gasteiger partial charge in [-0.3, -0.25) is 0 Å². The highest BCUT2D eigenvalue weighted by Gasteiger charge is 2.25. The predicted molar refractivity (Wildman–Crippen MR) is 108 cm³/mol. The van der Waals surface area contributed by atoms with Crippen LogP contribution in [0.4, 0.5) is 13.6 Å². The van der Waals surface area contributed by atoms with Crippen molar-refractivity contribution in [3.8, 4) is 0 Å². The lowest BCUT2D eigenvalue weighted by Gasteiger charge is -2.23. The maximum Gasteiger partial charge on any atom is 0.408 e. The fourth-order valence-electron chi connectivity index (χ4n) is 2.71. The number of hydrogen-bond donors (Lipinski definition) is 1. The Balaban J connectivity index is 2.01. The third-order valence-electron chi connectivity index (χ3n) is 3.82. The molecule has 1 amide bonds. The van der Waals surface area contributed by atoms with Crippen molar-refractivity contribution in [2.24, 2.45) is 0 Å². The molecule has 1 aromatic carbocycles. The van der Waals surface area contributed by atoms with Gasteiger partial charge in [0, 0.05) is 23.2 Å². The van der Waals surface area contributed by atoms with Crippen LogP contribution in [0.1, 0.15) is 38.3 Å². The first-order valence-corrected chi connectivity index (χ1v) is 9.70. The SMILES string of the molecule is CC(C)(C)OC(=O)N[C@@H](Cc1cc(F)cc(F)c1)c1nc2ncc(Br)cc2c(=O)o1. The van der Waals surface area contributed by atoms with Gasteiger partial charge in [-0.2, -0.15) is 4.98 Å². The van der Waals surface area contributed by atoms with E-state index in [1.54, 1.807) is 20.8 Å². The smallest absolute Gasteiger partial charge is 0.408 e. The topological polar surface area (TPSA) is 94.3 Å². The van der Waals surface area contributed by atoms with E-state index < -0.39 is 35.0 Å². The number of alkyl carbamates (subject to hydrolysis) is 1. The van der Waals surface area contributed by atoms with Crippen molar-refractivity contribution >= 4 is 33.1 Å². The van der Waals surface area contributed by atoms with Crippen molar-refractivity contribution in [2.45, 2.75) is 38.8 Å². The zero-order chi connectivity index (χ0) is 22.1. The highest BCUT2D eigenvalue weighted by Crippen LogP contribution is 2.21. The van der Waals surface area contributed by atoms with Crippen molar-refractivity contribution in [3.63, 3.8) is 0 Å². The quantitative estimate of drug-likeness (QED) is 0.592. The van der Waals surface area contributed by atoms with Gasteiger partial charge in [0.05, 0.1) is 0 Å². The fraction of sp³-hybridized carbons (Fsp3) is 0.300. The Morgan fingerprint density at radius 1 is 1.23 bits per heavy atom. The van der Waals surface area contributed by atoms with Crippen molar-refractivity contribution in [1.29, 1.82) is 0 Å². The molecule has 0 saturated heterocycles. The van der Waals surface area contributed by atoms with Gasteiger partial charge in [0.25, 0.3) is 0 Å². The highest BCUT2D eigenvalue weighted by molar-refractivity contribution is 9.10. The lowest BCUT2D eigenvalue weighted by Crippen LogP contribution is -2.36. The molecule has 0 fully saturated rings.